The fourth-order valence-corrected chi connectivity index (χ4v) is 4.03. The van der Waals surface area contributed by atoms with E-state index in [1.54, 1.807) is 14.0 Å². The summed E-state index contributed by atoms with van der Waals surface area (Å²) in [5.41, 5.74) is 0.843. The normalized spacial score (nSPS) is 11.8. The molecule has 9 heteroatoms. The van der Waals surface area contributed by atoms with E-state index < -0.39 is 12.1 Å². The summed E-state index contributed by atoms with van der Waals surface area (Å²) in [6, 6.07) is 9.32. The van der Waals surface area contributed by atoms with Crippen LogP contribution in [0.25, 0.3) is 10.2 Å². The third-order valence-corrected chi connectivity index (χ3v) is 5.67. The van der Waals surface area contributed by atoms with Crippen LogP contribution in [0.4, 0.5) is 0 Å². The van der Waals surface area contributed by atoms with Crippen LogP contribution in [-0.4, -0.2) is 40.8 Å². The summed E-state index contributed by atoms with van der Waals surface area (Å²) in [5.74, 6) is -0.0987. The van der Waals surface area contributed by atoms with E-state index in [2.05, 4.69) is 15.3 Å². The molecule has 2 heterocycles. The van der Waals surface area contributed by atoms with Gasteiger partial charge in [0.05, 0.1) is 12.9 Å². The van der Waals surface area contributed by atoms with Crippen molar-refractivity contribution in [1.29, 1.82) is 0 Å². The quantitative estimate of drug-likeness (QED) is 0.342. The van der Waals surface area contributed by atoms with E-state index in [1.165, 1.54) is 29.4 Å². The van der Waals surface area contributed by atoms with E-state index in [4.69, 9.17) is 9.47 Å². The van der Waals surface area contributed by atoms with Crippen molar-refractivity contribution in [3.05, 3.63) is 47.6 Å². The Hall–Kier alpha value is -2.65. The number of carbonyl (C=O) groups excluding carboxylic acids is 2. The van der Waals surface area contributed by atoms with Gasteiger partial charge in [-0.2, -0.15) is 0 Å². The first kappa shape index (κ1) is 20.1. The zero-order valence-corrected chi connectivity index (χ0v) is 17.0. The zero-order valence-electron chi connectivity index (χ0n) is 15.4. The SMILES string of the molecule is COc1ccccc1CNC(=O)[C@H](C)OC(=O)CSc1ncnc2sccc12. The standard InChI is InChI=1S/C19H19N3O4S2/c1-12(17(24)20-9-13-5-3-4-6-15(13)25-2)26-16(23)10-28-19-14-7-8-27-18(14)21-11-22-19/h3-8,11-12H,9-10H2,1-2H3,(H,20,24)/t12-/m0/s1. The highest BCUT2D eigenvalue weighted by Gasteiger charge is 2.18. The van der Waals surface area contributed by atoms with Gasteiger partial charge in [0.2, 0.25) is 0 Å². The minimum atomic E-state index is -0.894. The van der Waals surface area contributed by atoms with Crippen LogP contribution in [0.2, 0.25) is 0 Å². The van der Waals surface area contributed by atoms with Crippen molar-refractivity contribution in [1.82, 2.24) is 15.3 Å². The van der Waals surface area contributed by atoms with Crippen LogP contribution in [-0.2, 0) is 20.9 Å². The molecule has 0 aliphatic heterocycles. The van der Waals surface area contributed by atoms with Gasteiger partial charge in [-0.15, -0.1) is 11.3 Å². The predicted molar refractivity (Wildman–Crippen MR) is 109 cm³/mol. The Morgan fingerprint density at radius 2 is 2.07 bits per heavy atom. The number of ether oxygens (including phenoxy) is 2. The number of para-hydroxylation sites is 1. The third-order valence-electron chi connectivity index (χ3n) is 3.87. The van der Waals surface area contributed by atoms with E-state index in [0.29, 0.717) is 5.75 Å². The molecule has 28 heavy (non-hydrogen) atoms. The number of esters is 1. The number of carbonyl (C=O) groups is 2. The molecule has 0 aliphatic carbocycles. The molecular formula is C19H19N3O4S2. The number of methoxy groups -OCH3 is 1. The van der Waals surface area contributed by atoms with Crippen molar-refractivity contribution in [2.24, 2.45) is 0 Å². The van der Waals surface area contributed by atoms with Crippen molar-refractivity contribution in [2.45, 2.75) is 24.6 Å². The van der Waals surface area contributed by atoms with Gasteiger partial charge < -0.3 is 14.8 Å². The number of aromatic nitrogens is 2. The molecule has 2 aromatic heterocycles. The summed E-state index contributed by atoms with van der Waals surface area (Å²) in [4.78, 5) is 33.6. The van der Waals surface area contributed by atoms with Crippen molar-refractivity contribution >= 4 is 45.2 Å². The Labute approximate surface area is 170 Å². The second-order valence-corrected chi connectivity index (χ2v) is 7.63. The number of rotatable bonds is 8. The molecule has 146 valence electrons. The smallest absolute Gasteiger partial charge is 0.317 e. The molecule has 0 unspecified atom stereocenters. The third kappa shape index (κ3) is 4.99. The number of amides is 1. The largest absolute Gasteiger partial charge is 0.496 e. The maximum atomic E-state index is 12.2. The van der Waals surface area contributed by atoms with Crippen LogP contribution in [0, 0.1) is 0 Å². The highest BCUT2D eigenvalue weighted by atomic mass is 32.2. The van der Waals surface area contributed by atoms with Crippen LogP contribution in [0.5, 0.6) is 5.75 Å². The van der Waals surface area contributed by atoms with E-state index in [-0.39, 0.29) is 18.2 Å². The van der Waals surface area contributed by atoms with Gasteiger partial charge in [-0.25, -0.2) is 9.97 Å². The van der Waals surface area contributed by atoms with Gasteiger partial charge in [0.1, 0.15) is 21.9 Å². The Morgan fingerprint density at radius 1 is 1.25 bits per heavy atom. The van der Waals surface area contributed by atoms with E-state index in [0.717, 1.165) is 20.8 Å². The molecule has 0 fully saturated rings. The van der Waals surface area contributed by atoms with Crippen molar-refractivity contribution in [3.63, 3.8) is 0 Å². The first-order valence-electron chi connectivity index (χ1n) is 8.48. The first-order chi connectivity index (χ1) is 13.6. The van der Waals surface area contributed by atoms with Crippen molar-refractivity contribution < 1.29 is 19.1 Å². The molecule has 1 amide bonds. The molecule has 7 nitrogen and oxygen atoms in total. The average Bonchev–Trinajstić information content (AvgIpc) is 3.20. The van der Waals surface area contributed by atoms with E-state index in [9.17, 15) is 9.59 Å². The number of thiophene rings is 1. The van der Waals surface area contributed by atoms with Crippen LogP contribution in [0.15, 0.2) is 47.1 Å². The van der Waals surface area contributed by atoms with Crippen molar-refractivity contribution in [3.8, 4) is 5.75 Å². The van der Waals surface area contributed by atoms with Crippen LogP contribution < -0.4 is 10.1 Å². The van der Waals surface area contributed by atoms with Crippen LogP contribution in [0.3, 0.4) is 0 Å². The Morgan fingerprint density at radius 3 is 2.89 bits per heavy atom. The fraction of sp³-hybridized carbons (Fsp3) is 0.263. The van der Waals surface area contributed by atoms with Gasteiger partial charge in [0, 0.05) is 17.5 Å². The predicted octanol–water partition coefficient (Wildman–Crippen LogP) is 3.04. The summed E-state index contributed by atoms with van der Waals surface area (Å²) >= 11 is 2.78. The summed E-state index contributed by atoms with van der Waals surface area (Å²) in [6.45, 7) is 1.83. The van der Waals surface area contributed by atoms with Gasteiger partial charge in [-0.1, -0.05) is 30.0 Å². The minimum Gasteiger partial charge on any atom is -0.496 e. The fourth-order valence-electron chi connectivity index (χ4n) is 2.47. The number of thioether (sulfide) groups is 1. The highest BCUT2D eigenvalue weighted by molar-refractivity contribution is 8.00. The molecule has 0 bridgehead atoms. The molecule has 1 aromatic carbocycles. The number of fused-ring (bicyclic) bond motifs is 1. The maximum Gasteiger partial charge on any atom is 0.317 e. The molecule has 0 aliphatic rings. The van der Waals surface area contributed by atoms with Crippen LogP contribution >= 0.6 is 23.1 Å². The molecule has 3 aromatic rings. The van der Waals surface area contributed by atoms with Gasteiger partial charge in [-0.05, 0) is 24.4 Å². The lowest BCUT2D eigenvalue weighted by atomic mass is 10.2. The van der Waals surface area contributed by atoms with Gasteiger partial charge in [0.15, 0.2) is 6.10 Å². The van der Waals surface area contributed by atoms with Gasteiger partial charge in [0.25, 0.3) is 5.91 Å². The molecule has 0 saturated carbocycles. The van der Waals surface area contributed by atoms with Gasteiger partial charge >= 0.3 is 5.97 Å². The Balaban J connectivity index is 1.48. The van der Waals surface area contributed by atoms with E-state index in [1.807, 2.05) is 35.7 Å². The number of nitrogens with zero attached hydrogens (tertiary/aromatic N) is 2. The number of hydrogen-bond acceptors (Lipinski definition) is 8. The van der Waals surface area contributed by atoms with Crippen molar-refractivity contribution in [2.75, 3.05) is 12.9 Å². The molecule has 0 saturated heterocycles. The summed E-state index contributed by atoms with van der Waals surface area (Å²) in [7, 11) is 1.57. The number of benzene rings is 1. The molecule has 0 radical (unpaired) electrons. The lowest BCUT2D eigenvalue weighted by molar-refractivity contribution is -0.152. The number of hydrogen-bond donors (Lipinski definition) is 1. The summed E-state index contributed by atoms with van der Waals surface area (Å²) < 4.78 is 10.5. The molecule has 1 N–H and O–H groups in total. The second-order valence-electron chi connectivity index (χ2n) is 5.77. The topological polar surface area (TPSA) is 90.4 Å². The van der Waals surface area contributed by atoms with Gasteiger partial charge in [-0.3, -0.25) is 9.59 Å². The number of nitrogens with one attached hydrogen (secondary N) is 1. The minimum absolute atomic E-state index is 0.0616. The van der Waals surface area contributed by atoms with E-state index >= 15 is 0 Å². The molecular weight excluding hydrogens is 398 g/mol. The average molecular weight is 418 g/mol. The lowest BCUT2D eigenvalue weighted by Crippen LogP contribution is -2.35. The highest BCUT2D eigenvalue weighted by Crippen LogP contribution is 2.27. The first-order valence-corrected chi connectivity index (χ1v) is 10.3. The second kappa shape index (κ2) is 9.52. The maximum absolute atomic E-state index is 12.2. The molecule has 3 rings (SSSR count). The van der Waals surface area contributed by atoms with Crippen LogP contribution in [0.1, 0.15) is 12.5 Å². The summed E-state index contributed by atoms with van der Waals surface area (Å²) in [6.07, 6.45) is 0.579. The monoisotopic (exact) mass is 417 g/mol. The Kier molecular flexibility index (Phi) is 6.83. The molecule has 0 spiro atoms. The molecule has 1 atom stereocenters. The zero-order chi connectivity index (χ0) is 19.9. The summed E-state index contributed by atoms with van der Waals surface area (Å²) in [5, 5.41) is 6.31. The lowest BCUT2D eigenvalue weighted by Gasteiger charge is -2.14. The Bertz CT molecular complexity index is 976.